The molecule has 1 unspecified atom stereocenters. The number of hydrogen-bond acceptors (Lipinski definition) is 6. The zero-order chi connectivity index (χ0) is 25.3. The molecular weight excluding hydrogens is 467 g/mol. The standard InChI is InChI=1S/C24H9F5N6/c25-17-3-11(1-2-33-17)14(8-30)22-23(15(9-31)12-4-18(26)34-19(27)5-12)24(22)16(10-32)13-6-20(28)35-21(29)7-13/h1-7,18,34H/b22-14+,23-15?,24-16+. The summed E-state index contributed by atoms with van der Waals surface area (Å²) in [7, 11) is 0. The molecule has 35 heavy (non-hydrogen) atoms. The van der Waals surface area contributed by atoms with Crippen molar-refractivity contribution in [2.45, 2.75) is 6.30 Å². The van der Waals surface area contributed by atoms with Crippen LogP contribution >= 0.6 is 0 Å². The lowest BCUT2D eigenvalue weighted by molar-refractivity contribution is 0.323. The molecule has 0 bridgehead atoms. The van der Waals surface area contributed by atoms with Crippen LogP contribution in [0.5, 0.6) is 0 Å². The van der Waals surface area contributed by atoms with Gasteiger partial charge in [-0.2, -0.15) is 38.3 Å². The molecule has 1 aliphatic heterocycles. The molecule has 2 aliphatic rings. The van der Waals surface area contributed by atoms with E-state index in [0.717, 1.165) is 36.5 Å². The summed E-state index contributed by atoms with van der Waals surface area (Å²) in [6, 6.07) is 9.22. The number of hydrogen-bond donors (Lipinski definition) is 1. The molecule has 2 aromatic heterocycles. The Morgan fingerprint density at radius 3 is 1.89 bits per heavy atom. The zero-order valence-electron chi connectivity index (χ0n) is 17.2. The lowest BCUT2D eigenvalue weighted by Crippen LogP contribution is -2.23. The predicted molar refractivity (Wildman–Crippen MR) is 111 cm³/mol. The van der Waals surface area contributed by atoms with Gasteiger partial charge in [0.2, 0.25) is 17.8 Å². The van der Waals surface area contributed by atoms with Gasteiger partial charge in [-0.25, -0.2) is 9.37 Å². The minimum absolute atomic E-state index is 0.0209. The van der Waals surface area contributed by atoms with Crippen molar-refractivity contribution in [3.8, 4) is 18.2 Å². The number of dihydropyridines is 1. The van der Waals surface area contributed by atoms with Gasteiger partial charge in [0.25, 0.3) is 0 Å². The van der Waals surface area contributed by atoms with Crippen LogP contribution in [0.4, 0.5) is 22.0 Å². The van der Waals surface area contributed by atoms with Crippen LogP contribution in [-0.2, 0) is 0 Å². The molecule has 0 aromatic carbocycles. The molecule has 11 heteroatoms. The summed E-state index contributed by atoms with van der Waals surface area (Å²) in [5, 5.41) is 31.3. The van der Waals surface area contributed by atoms with Gasteiger partial charge in [-0.05, 0) is 29.4 Å². The number of nitrogens with one attached hydrogen (secondary N) is 1. The fourth-order valence-corrected chi connectivity index (χ4v) is 3.61. The van der Waals surface area contributed by atoms with Crippen LogP contribution in [0.25, 0.3) is 11.1 Å². The maximum Gasteiger partial charge on any atom is 0.216 e. The van der Waals surface area contributed by atoms with Crippen LogP contribution in [0, 0.1) is 51.8 Å². The van der Waals surface area contributed by atoms with Crippen LogP contribution in [0.2, 0.25) is 0 Å². The number of aromatic nitrogens is 2. The van der Waals surface area contributed by atoms with Crippen LogP contribution in [-0.4, -0.2) is 16.3 Å². The topological polar surface area (TPSA) is 109 Å². The number of nitriles is 3. The van der Waals surface area contributed by atoms with Crippen molar-refractivity contribution in [1.29, 1.82) is 15.8 Å². The average molecular weight is 476 g/mol. The first-order chi connectivity index (χ1) is 16.8. The molecule has 2 aromatic rings. The fourth-order valence-electron chi connectivity index (χ4n) is 3.61. The van der Waals surface area contributed by atoms with Gasteiger partial charge in [0.05, 0.1) is 16.7 Å². The third-order valence-electron chi connectivity index (χ3n) is 5.01. The molecule has 1 atom stereocenters. The Morgan fingerprint density at radius 2 is 1.34 bits per heavy atom. The molecule has 1 N–H and O–H groups in total. The Labute approximate surface area is 194 Å². The largest absolute Gasteiger partial charge is 0.329 e. The highest BCUT2D eigenvalue weighted by Gasteiger charge is 2.42. The lowest BCUT2D eigenvalue weighted by Gasteiger charge is -2.13. The van der Waals surface area contributed by atoms with Crippen LogP contribution < -0.4 is 5.32 Å². The molecule has 1 aliphatic carbocycles. The molecular formula is C24H9F5N6. The average Bonchev–Trinajstić information content (AvgIpc) is 3.48. The van der Waals surface area contributed by atoms with Crippen molar-refractivity contribution < 1.29 is 22.0 Å². The minimum Gasteiger partial charge on any atom is -0.329 e. The second-order valence-electron chi connectivity index (χ2n) is 7.11. The van der Waals surface area contributed by atoms with Gasteiger partial charge in [-0.3, -0.25) is 0 Å². The fraction of sp³-hybridized carbons (Fsp3) is 0.0417. The number of pyridine rings is 2. The molecule has 4 rings (SSSR count). The summed E-state index contributed by atoms with van der Waals surface area (Å²) in [4.78, 5) is 6.38. The van der Waals surface area contributed by atoms with E-state index in [1.807, 2.05) is 11.4 Å². The molecule has 1 fully saturated rings. The lowest BCUT2D eigenvalue weighted by atomic mass is 10.0. The van der Waals surface area contributed by atoms with Crippen molar-refractivity contribution in [3.05, 3.63) is 105 Å². The van der Waals surface area contributed by atoms with E-state index < -0.39 is 30.1 Å². The molecule has 3 heterocycles. The van der Waals surface area contributed by atoms with Crippen molar-refractivity contribution in [2.75, 3.05) is 0 Å². The van der Waals surface area contributed by atoms with E-state index in [0.29, 0.717) is 0 Å². The summed E-state index contributed by atoms with van der Waals surface area (Å²) in [5.41, 5.74) is -1.38. The highest BCUT2D eigenvalue weighted by atomic mass is 19.2. The first-order valence-electron chi connectivity index (χ1n) is 9.67. The predicted octanol–water partition coefficient (Wildman–Crippen LogP) is 4.62. The van der Waals surface area contributed by atoms with Gasteiger partial charge in [-0.1, -0.05) is 0 Å². The van der Waals surface area contributed by atoms with E-state index in [4.69, 9.17) is 0 Å². The Kier molecular flexibility index (Phi) is 5.97. The molecule has 0 spiro atoms. The maximum atomic E-state index is 13.9. The monoisotopic (exact) mass is 476 g/mol. The summed E-state index contributed by atoms with van der Waals surface area (Å²) >= 11 is 0. The molecule has 0 amide bonds. The summed E-state index contributed by atoms with van der Waals surface area (Å²) in [5.74, 6) is -4.45. The van der Waals surface area contributed by atoms with E-state index in [1.54, 1.807) is 12.1 Å². The Bertz CT molecular complexity index is 1540. The Morgan fingerprint density at radius 1 is 0.800 bits per heavy atom. The van der Waals surface area contributed by atoms with E-state index in [9.17, 15) is 37.7 Å². The van der Waals surface area contributed by atoms with Crippen molar-refractivity contribution in [2.24, 2.45) is 0 Å². The van der Waals surface area contributed by atoms with Gasteiger partial charge in [0.1, 0.15) is 18.2 Å². The van der Waals surface area contributed by atoms with Crippen LogP contribution in [0.3, 0.4) is 0 Å². The Balaban J connectivity index is 2.09. The molecule has 6 nitrogen and oxygen atoms in total. The maximum absolute atomic E-state index is 13.9. The molecule has 0 radical (unpaired) electrons. The minimum atomic E-state index is -1.97. The van der Waals surface area contributed by atoms with E-state index >= 15 is 0 Å². The van der Waals surface area contributed by atoms with Gasteiger partial charge in [0, 0.05) is 46.7 Å². The normalized spacial score (nSPS) is 20.8. The second-order valence-corrected chi connectivity index (χ2v) is 7.11. The van der Waals surface area contributed by atoms with Crippen molar-refractivity contribution in [3.63, 3.8) is 0 Å². The number of halogens is 5. The van der Waals surface area contributed by atoms with Crippen LogP contribution in [0.15, 0.2) is 76.4 Å². The number of allylic oxidation sites excluding steroid dienone is 8. The molecule has 0 saturated heterocycles. The number of alkyl halides is 1. The Hall–Kier alpha value is -5.08. The number of rotatable bonds is 3. The highest BCUT2D eigenvalue weighted by Crippen LogP contribution is 2.55. The van der Waals surface area contributed by atoms with Gasteiger partial charge in [-0.15, -0.1) is 0 Å². The number of nitrogens with zero attached hydrogens (tertiary/aromatic N) is 5. The smallest absolute Gasteiger partial charge is 0.216 e. The summed E-state index contributed by atoms with van der Waals surface area (Å²) in [6.45, 7) is 0. The van der Waals surface area contributed by atoms with Gasteiger partial charge >= 0.3 is 0 Å². The van der Waals surface area contributed by atoms with Gasteiger partial charge < -0.3 is 5.32 Å². The van der Waals surface area contributed by atoms with E-state index in [-0.39, 0.29) is 50.1 Å². The third kappa shape index (κ3) is 4.41. The van der Waals surface area contributed by atoms with Gasteiger partial charge in [0.15, 0.2) is 12.2 Å². The van der Waals surface area contributed by atoms with Crippen molar-refractivity contribution >= 4 is 11.1 Å². The first-order valence-corrected chi connectivity index (χ1v) is 9.67. The molecule has 170 valence electrons. The van der Waals surface area contributed by atoms with Crippen molar-refractivity contribution in [1.82, 2.24) is 15.3 Å². The quantitative estimate of drug-likeness (QED) is 0.300. The summed E-state index contributed by atoms with van der Waals surface area (Å²) in [6.07, 6.45) is 0.854. The first kappa shape index (κ1) is 23.1. The SMILES string of the molecule is N#CC(C1=CC(F)NC(F)=C1)=C1C(=C(/C#N)c2ccnc(F)c2)/C1=C(/C#N)c1cc(F)nc(F)c1. The third-order valence-corrected chi connectivity index (χ3v) is 5.01. The van der Waals surface area contributed by atoms with E-state index in [1.165, 1.54) is 6.07 Å². The summed E-state index contributed by atoms with van der Waals surface area (Å²) < 4.78 is 69.0. The highest BCUT2D eigenvalue weighted by molar-refractivity contribution is 6.07. The second kappa shape index (κ2) is 9.05. The van der Waals surface area contributed by atoms with Crippen LogP contribution in [0.1, 0.15) is 11.1 Å². The van der Waals surface area contributed by atoms with E-state index in [2.05, 4.69) is 9.97 Å². The molecule has 1 saturated carbocycles. The zero-order valence-corrected chi connectivity index (χ0v) is 17.2.